The molecule has 1 nitrogen and oxygen atoms in total. The zero-order valence-corrected chi connectivity index (χ0v) is 21.3. The Morgan fingerprint density at radius 2 is 1.07 bits per heavy atom. The Kier molecular flexibility index (Phi) is 18.8. The summed E-state index contributed by atoms with van der Waals surface area (Å²) in [4.78, 5) is 0. The fourth-order valence-electron chi connectivity index (χ4n) is 5.07. The van der Waals surface area contributed by atoms with Gasteiger partial charge in [0.05, 0.1) is 0 Å². The van der Waals surface area contributed by atoms with Crippen LogP contribution in [0.3, 0.4) is 0 Å². The number of rotatable bonds is 19. The first kappa shape index (κ1) is 29.5. The summed E-state index contributed by atoms with van der Waals surface area (Å²) in [6.45, 7) is 6.86. The van der Waals surface area contributed by atoms with E-state index in [1.807, 2.05) is 0 Å². The predicted octanol–water partition coefficient (Wildman–Crippen LogP) is 9.58. The van der Waals surface area contributed by atoms with Crippen molar-refractivity contribution >= 4 is 12.4 Å². The molecule has 0 fully saturated rings. The van der Waals surface area contributed by atoms with E-state index in [-0.39, 0.29) is 17.9 Å². The number of unbranched alkanes of at least 4 members (excludes halogenated alkanes) is 11. The van der Waals surface area contributed by atoms with Gasteiger partial charge in [-0.1, -0.05) is 141 Å². The number of nitrogens with two attached hydrogens (primary N) is 1. The highest BCUT2D eigenvalue weighted by atomic mass is 35.5. The average molecular weight is 438 g/mol. The zero-order valence-electron chi connectivity index (χ0n) is 20.5. The summed E-state index contributed by atoms with van der Waals surface area (Å²) in [5, 5.41) is 0. The maximum absolute atomic E-state index is 7.03. The van der Waals surface area contributed by atoms with Crippen molar-refractivity contribution < 1.29 is 0 Å². The van der Waals surface area contributed by atoms with E-state index in [9.17, 15) is 0 Å². The van der Waals surface area contributed by atoms with Crippen LogP contribution in [0.2, 0.25) is 0 Å². The molecule has 0 saturated heterocycles. The summed E-state index contributed by atoms with van der Waals surface area (Å²) in [5.41, 5.74) is 8.45. The fraction of sp³-hybridized carbons (Fsp3) is 0.786. The van der Waals surface area contributed by atoms with Gasteiger partial charge in [0.25, 0.3) is 0 Å². The highest BCUT2D eigenvalue weighted by Gasteiger charge is 2.33. The van der Waals surface area contributed by atoms with Crippen LogP contribution in [-0.2, 0) is 0 Å². The smallest absolute Gasteiger partial charge is 0.0223 e. The fourth-order valence-corrected chi connectivity index (χ4v) is 5.07. The van der Waals surface area contributed by atoms with Gasteiger partial charge in [-0.2, -0.15) is 0 Å². The van der Waals surface area contributed by atoms with Gasteiger partial charge in [0.1, 0.15) is 0 Å². The zero-order chi connectivity index (χ0) is 21.2. The van der Waals surface area contributed by atoms with E-state index >= 15 is 0 Å². The third-order valence-electron chi connectivity index (χ3n) is 6.67. The van der Waals surface area contributed by atoms with E-state index in [4.69, 9.17) is 5.73 Å². The van der Waals surface area contributed by atoms with Gasteiger partial charge < -0.3 is 5.73 Å². The monoisotopic (exact) mass is 437 g/mol. The summed E-state index contributed by atoms with van der Waals surface area (Å²) in [6, 6.07) is 11.1. The summed E-state index contributed by atoms with van der Waals surface area (Å²) in [5.74, 6) is 0.506. The van der Waals surface area contributed by atoms with Gasteiger partial charge in [0, 0.05) is 11.5 Å². The molecule has 0 spiro atoms. The molecule has 0 amide bonds. The summed E-state index contributed by atoms with van der Waals surface area (Å²) < 4.78 is 0. The molecular formula is C28H52ClN. The lowest BCUT2D eigenvalue weighted by Gasteiger charge is -2.38. The maximum Gasteiger partial charge on any atom is 0.0223 e. The van der Waals surface area contributed by atoms with Gasteiger partial charge in [0.15, 0.2) is 0 Å². The number of hydrogen-bond acceptors (Lipinski definition) is 1. The highest BCUT2D eigenvalue weighted by Crippen LogP contribution is 2.37. The van der Waals surface area contributed by atoms with E-state index in [1.165, 1.54) is 102 Å². The van der Waals surface area contributed by atoms with Crippen molar-refractivity contribution in [3.05, 3.63) is 35.9 Å². The number of hydrogen-bond donors (Lipinski definition) is 1. The minimum atomic E-state index is -0.0391. The Labute approximate surface area is 195 Å². The summed E-state index contributed by atoms with van der Waals surface area (Å²) in [7, 11) is 0. The van der Waals surface area contributed by atoms with Crippen molar-refractivity contribution in [3.8, 4) is 0 Å². The Morgan fingerprint density at radius 1 is 0.633 bits per heavy atom. The van der Waals surface area contributed by atoms with Crippen LogP contribution in [0.4, 0.5) is 0 Å². The van der Waals surface area contributed by atoms with Crippen LogP contribution in [-0.4, -0.2) is 5.54 Å². The van der Waals surface area contributed by atoms with Crippen LogP contribution in [0.25, 0.3) is 0 Å². The van der Waals surface area contributed by atoms with Crippen LogP contribution < -0.4 is 5.73 Å². The Hall–Kier alpha value is -0.530. The van der Waals surface area contributed by atoms with Gasteiger partial charge in [-0.3, -0.25) is 0 Å². The molecule has 1 rings (SSSR count). The predicted molar refractivity (Wildman–Crippen MR) is 139 cm³/mol. The van der Waals surface area contributed by atoms with Crippen molar-refractivity contribution in [1.82, 2.24) is 0 Å². The Morgan fingerprint density at radius 3 is 1.50 bits per heavy atom. The quantitative estimate of drug-likeness (QED) is 0.214. The average Bonchev–Trinajstić information content (AvgIpc) is 2.72. The second kappa shape index (κ2) is 19.2. The largest absolute Gasteiger partial charge is 0.325 e. The van der Waals surface area contributed by atoms with Crippen molar-refractivity contribution in [2.45, 2.75) is 141 Å². The molecule has 2 heteroatoms. The van der Waals surface area contributed by atoms with Crippen LogP contribution in [0.5, 0.6) is 0 Å². The topological polar surface area (TPSA) is 26.0 Å². The lowest BCUT2D eigenvalue weighted by atomic mass is 9.72. The Balaban J connectivity index is 0.00000841. The van der Waals surface area contributed by atoms with Crippen molar-refractivity contribution in [3.63, 3.8) is 0 Å². The van der Waals surface area contributed by atoms with Crippen molar-refractivity contribution in [1.29, 1.82) is 0 Å². The van der Waals surface area contributed by atoms with Crippen LogP contribution in [0.1, 0.15) is 141 Å². The SMILES string of the molecule is CCCCCCCCCCCCCCC(c1ccccc1)C(N)(CCC)CCC.Cl. The molecule has 1 unspecified atom stereocenters. The molecule has 1 aromatic rings. The molecule has 1 aromatic carbocycles. The van der Waals surface area contributed by atoms with E-state index in [0.717, 1.165) is 12.8 Å². The molecule has 0 aliphatic rings. The molecule has 0 heterocycles. The van der Waals surface area contributed by atoms with E-state index in [1.54, 1.807) is 0 Å². The van der Waals surface area contributed by atoms with Crippen LogP contribution >= 0.6 is 12.4 Å². The molecule has 0 bridgehead atoms. The Bertz CT molecular complexity index is 467. The van der Waals surface area contributed by atoms with Crippen LogP contribution in [0.15, 0.2) is 30.3 Å². The van der Waals surface area contributed by atoms with E-state index in [0.29, 0.717) is 5.92 Å². The van der Waals surface area contributed by atoms with E-state index < -0.39 is 0 Å². The number of benzene rings is 1. The highest BCUT2D eigenvalue weighted by molar-refractivity contribution is 5.85. The first-order chi connectivity index (χ1) is 14.2. The first-order valence-corrected chi connectivity index (χ1v) is 13.0. The summed E-state index contributed by atoms with van der Waals surface area (Å²) in [6.07, 6.45) is 22.8. The molecule has 30 heavy (non-hydrogen) atoms. The molecule has 0 radical (unpaired) electrons. The second-order valence-electron chi connectivity index (χ2n) is 9.37. The second-order valence-corrected chi connectivity index (χ2v) is 9.37. The minimum Gasteiger partial charge on any atom is -0.325 e. The van der Waals surface area contributed by atoms with Gasteiger partial charge in [0.2, 0.25) is 0 Å². The summed E-state index contributed by atoms with van der Waals surface area (Å²) >= 11 is 0. The lowest BCUT2D eigenvalue weighted by molar-refractivity contribution is 0.275. The third-order valence-corrected chi connectivity index (χ3v) is 6.67. The van der Waals surface area contributed by atoms with Gasteiger partial charge >= 0.3 is 0 Å². The third kappa shape index (κ3) is 12.4. The number of halogens is 1. The van der Waals surface area contributed by atoms with Gasteiger partial charge in [-0.05, 0) is 24.8 Å². The molecule has 0 aliphatic heterocycles. The normalized spacial score (nSPS) is 12.5. The molecule has 0 saturated carbocycles. The van der Waals surface area contributed by atoms with Crippen LogP contribution in [0, 0.1) is 0 Å². The molecule has 0 aliphatic carbocycles. The lowest BCUT2D eigenvalue weighted by Crippen LogP contribution is -2.45. The standard InChI is InChI=1S/C28H51N.ClH/c1-4-7-8-9-10-11-12-13-14-15-16-20-23-27(26-21-18-17-19-22-26)28(29,24-5-2)25-6-3;/h17-19,21-22,27H,4-16,20,23-25,29H2,1-3H3;1H. The maximum atomic E-state index is 7.03. The molecule has 2 N–H and O–H groups in total. The van der Waals surface area contributed by atoms with Gasteiger partial charge in [-0.25, -0.2) is 0 Å². The molecule has 176 valence electrons. The molecule has 0 aromatic heterocycles. The van der Waals surface area contributed by atoms with Crippen molar-refractivity contribution in [2.75, 3.05) is 0 Å². The van der Waals surface area contributed by atoms with Crippen molar-refractivity contribution in [2.24, 2.45) is 5.73 Å². The molecular weight excluding hydrogens is 386 g/mol. The molecule has 1 atom stereocenters. The first-order valence-electron chi connectivity index (χ1n) is 13.0. The van der Waals surface area contributed by atoms with E-state index in [2.05, 4.69) is 51.1 Å². The minimum absolute atomic E-state index is 0. The van der Waals surface area contributed by atoms with Gasteiger partial charge in [-0.15, -0.1) is 12.4 Å².